The zero-order valence-corrected chi connectivity index (χ0v) is 37.4. The van der Waals surface area contributed by atoms with E-state index < -0.39 is 38.6 Å². The summed E-state index contributed by atoms with van der Waals surface area (Å²) in [5, 5.41) is 10.2. The lowest BCUT2D eigenvalue weighted by atomic mass is 10.0. The topological polar surface area (TPSA) is 168 Å². The smallest absolute Gasteiger partial charge is 0.466 e. The predicted octanol–water partition coefficient (Wildman–Crippen LogP) is 10.9. The molecule has 4 N–H and O–H groups in total. The van der Waals surface area contributed by atoms with E-state index in [1.165, 1.54) is 24.0 Å². The van der Waals surface area contributed by atoms with Crippen LogP contribution in [-0.2, 0) is 45.5 Å². The summed E-state index contributed by atoms with van der Waals surface area (Å²) in [6.07, 6.45) is 38.1. The average Bonchev–Trinajstić information content (AvgIpc) is 3.48. The highest BCUT2D eigenvalue weighted by molar-refractivity contribution is 7.47. The van der Waals surface area contributed by atoms with E-state index in [9.17, 15) is 24.2 Å². The molecule has 0 fully saturated rings. The Labute approximate surface area is 355 Å². The van der Waals surface area contributed by atoms with Crippen LogP contribution in [0.1, 0.15) is 146 Å². The minimum atomic E-state index is -4.44. The fraction of sp³-hybridized carbons (Fsp3) is 0.617. The third-order valence-electron chi connectivity index (χ3n) is 9.40. The van der Waals surface area contributed by atoms with Gasteiger partial charge in [-0.15, -0.1) is 0 Å². The summed E-state index contributed by atoms with van der Waals surface area (Å²) in [5.41, 5.74) is 7.91. The van der Waals surface area contributed by atoms with E-state index >= 15 is 0 Å². The summed E-state index contributed by atoms with van der Waals surface area (Å²) in [6, 6.07) is 0. The highest BCUT2D eigenvalue weighted by atomic mass is 31.2. The van der Waals surface area contributed by atoms with Crippen LogP contribution in [0.15, 0.2) is 77.3 Å². The molecule has 11 nitrogen and oxygen atoms in total. The van der Waals surface area contributed by atoms with Gasteiger partial charge in [-0.25, -0.2) is 4.57 Å². The number of furan rings is 1. The molecule has 1 aromatic heterocycles. The van der Waals surface area contributed by atoms with Crippen molar-refractivity contribution in [2.24, 2.45) is 5.73 Å². The maximum absolute atomic E-state index is 12.7. The van der Waals surface area contributed by atoms with E-state index in [2.05, 4.69) is 64.2 Å². The van der Waals surface area contributed by atoms with Crippen molar-refractivity contribution < 1.29 is 47.1 Å². The lowest BCUT2D eigenvalue weighted by Gasteiger charge is -2.19. The fourth-order valence-corrected chi connectivity index (χ4v) is 6.63. The van der Waals surface area contributed by atoms with Crippen LogP contribution in [0.25, 0.3) is 0 Å². The summed E-state index contributed by atoms with van der Waals surface area (Å²) in [5.74, 6) is 1.19. The Morgan fingerprint density at radius 2 is 1.34 bits per heavy atom. The minimum Gasteiger partial charge on any atom is -0.466 e. The number of aryl methyl sites for hydroxylation is 2. The van der Waals surface area contributed by atoms with Crippen molar-refractivity contribution in [3.63, 3.8) is 0 Å². The number of phosphoric ester groups is 1. The van der Waals surface area contributed by atoms with Gasteiger partial charge < -0.3 is 29.6 Å². The fourth-order valence-electron chi connectivity index (χ4n) is 5.86. The van der Waals surface area contributed by atoms with Crippen LogP contribution >= 0.6 is 7.82 Å². The number of esters is 2. The third-order valence-corrected chi connectivity index (χ3v) is 10.4. The molecule has 0 aliphatic heterocycles. The molecule has 0 saturated carbocycles. The van der Waals surface area contributed by atoms with Gasteiger partial charge in [0.1, 0.15) is 18.1 Å². The molecule has 0 aliphatic rings. The number of carbonyl (C=O) groups is 2. The Morgan fingerprint density at radius 1 is 0.729 bits per heavy atom. The predicted molar refractivity (Wildman–Crippen MR) is 238 cm³/mol. The molecule has 334 valence electrons. The van der Waals surface area contributed by atoms with E-state index in [-0.39, 0.29) is 32.6 Å². The van der Waals surface area contributed by atoms with E-state index in [1.54, 1.807) is 18.2 Å². The number of unbranched alkanes of at least 4 members (excludes halogenated alkanes) is 7. The van der Waals surface area contributed by atoms with Gasteiger partial charge in [-0.2, -0.15) is 0 Å². The maximum Gasteiger partial charge on any atom is 0.472 e. The Hall–Kier alpha value is -3.31. The molecule has 0 radical (unpaired) electrons. The molecule has 0 spiro atoms. The van der Waals surface area contributed by atoms with Gasteiger partial charge in [-0.3, -0.25) is 18.6 Å². The van der Waals surface area contributed by atoms with Gasteiger partial charge in [0.2, 0.25) is 0 Å². The van der Waals surface area contributed by atoms with Crippen LogP contribution < -0.4 is 5.73 Å². The molecular formula is C47H76NO10P. The molecule has 0 aromatic carbocycles. The van der Waals surface area contributed by atoms with Gasteiger partial charge in [-0.1, -0.05) is 125 Å². The van der Waals surface area contributed by atoms with Gasteiger partial charge in [0, 0.05) is 32.2 Å². The van der Waals surface area contributed by atoms with Gasteiger partial charge in [0.25, 0.3) is 0 Å². The van der Waals surface area contributed by atoms with E-state index in [0.29, 0.717) is 19.3 Å². The van der Waals surface area contributed by atoms with Crippen LogP contribution in [0, 0.1) is 13.8 Å². The number of hydrogen-bond acceptors (Lipinski definition) is 10. The standard InChI is InChI=1S/C47H76NO10P/c1-5-7-9-10-11-12-13-14-15-16-17-20-25-30-42(49)31-26-23-29-34-46(50)54-38-43(39-56-59(52,53)55-37-36-48)57-47(51)35-28-22-19-18-21-27-33-45-41(4)40(3)44(58-45)32-24-8-6-2/h7,9,11-12,14-15,17,20,23,25-26,30,42-43,49H,5-6,8,10,13,16,18-19,21-22,24,27-29,31-39,48H2,1-4H3,(H,52,53)/b9-7-,12-11-,15-14-,20-17-,26-23-,30-25-/t42?,43-/m1/s1. The first kappa shape index (κ1) is 53.7. The van der Waals surface area contributed by atoms with Crippen molar-refractivity contribution in [1.82, 2.24) is 0 Å². The van der Waals surface area contributed by atoms with E-state index in [1.807, 2.05) is 18.2 Å². The van der Waals surface area contributed by atoms with Gasteiger partial charge in [0.05, 0.1) is 19.3 Å². The quantitative estimate of drug-likeness (QED) is 0.0193. The lowest BCUT2D eigenvalue weighted by Crippen LogP contribution is -2.29. The second kappa shape index (κ2) is 35.4. The number of carbonyl (C=O) groups excluding carboxylic acids is 2. The lowest BCUT2D eigenvalue weighted by molar-refractivity contribution is -0.161. The first-order chi connectivity index (χ1) is 28.5. The number of ether oxygens (including phenoxy) is 2. The largest absolute Gasteiger partial charge is 0.472 e. The van der Waals surface area contributed by atoms with Crippen molar-refractivity contribution >= 4 is 19.8 Å². The molecule has 59 heavy (non-hydrogen) atoms. The van der Waals surface area contributed by atoms with Crippen molar-refractivity contribution in [3.8, 4) is 0 Å². The van der Waals surface area contributed by atoms with Crippen LogP contribution in [0.4, 0.5) is 0 Å². The van der Waals surface area contributed by atoms with Crippen molar-refractivity contribution in [2.45, 2.75) is 162 Å². The van der Waals surface area contributed by atoms with Crippen molar-refractivity contribution in [2.75, 3.05) is 26.4 Å². The summed E-state index contributed by atoms with van der Waals surface area (Å²) in [4.78, 5) is 35.0. The highest BCUT2D eigenvalue weighted by Crippen LogP contribution is 2.43. The van der Waals surface area contributed by atoms with Crippen molar-refractivity contribution in [3.05, 3.63) is 95.6 Å². The SMILES string of the molecule is CC/C=C\C/C=C\C/C=C\C/C=C\C=C/C(O)C/C=C\CCC(=O)OC[C@H](COP(=O)(O)OCCN)OC(=O)CCCCCCCCc1oc(CCCCC)c(C)c1C. The summed E-state index contributed by atoms with van der Waals surface area (Å²) in [7, 11) is -4.44. The Balaban J connectivity index is 2.38. The number of phosphoric acid groups is 1. The molecule has 1 aromatic rings. The Kier molecular flexibility index (Phi) is 32.3. The zero-order chi connectivity index (χ0) is 43.4. The number of rotatable bonds is 36. The number of aliphatic hydroxyl groups is 1. The van der Waals surface area contributed by atoms with Gasteiger partial charge in [-0.05, 0) is 82.8 Å². The molecule has 1 rings (SSSR count). The molecule has 0 saturated heterocycles. The number of hydrogen-bond donors (Lipinski definition) is 3. The van der Waals surface area contributed by atoms with Gasteiger partial charge >= 0.3 is 19.8 Å². The Morgan fingerprint density at radius 3 is 1.98 bits per heavy atom. The van der Waals surface area contributed by atoms with E-state index in [4.69, 9.17) is 28.7 Å². The third kappa shape index (κ3) is 29.5. The number of allylic oxidation sites excluding steroid dienone is 10. The average molecular weight is 846 g/mol. The van der Waals surface area contributed by atoms with Crippen LogP contribution in [-0.4, -0.2) is 60.5 Å². The van der Waals surface area contributed by atoms with E-state index in [0.717, 1.165) is 88.6 Å². The van der Waals surface area contributed by atoms with Crippen LogP contribution in [0.2, 0.25) is 0 Å². The van der Waals surface area contributed by atoms with Crippen LogP contribution in [0.3, 0.4) is 0 Å². The molecule has 0 aliphatic carbocycles. The van der Waals surface area contributed by atoms with Gasteiger partial charge in [0.15, 0.2) is 6.10 Å². The number of nitrogens with two attached hydrogens (primary N) is 1. The minimum absolute atomic E-state index is 0.0173. The second-order valence-corrected chi connectivity index (χ2v) is 16.1. The summed E-state index contributed by atoms with van der Waals surface area (Å²) >= 11 is 0. The van der Waals surface area contributed by atoms with Crippen LogP contribution in [0.5, 0.6) is 0 Å². The maximum atomic E-state index is 12.7. The molecule has 1 heterocycles. The second-order valence-electron chi connectivity index (χ2n) is 14.6. The zero-order valence-electron chi connectivity index (χ0n) is 36.5. The molecule has 0 amide bonds. The van der Waals surface area contributed by atoms with Crippen molar-refractivity contribution in [1.29, 1.82) is 0 Å². The molecule has 0 bridgehead atoms. The molecule has 2 unspecified atom stereocenters. The molecule has 12 heteroatoms. The normalized spacial score (nSPS) is 14.5. The monoisotopic (exact) mass is 846 g/mol. The summed E-state index contributed by atoms with van der Waals surface area (Å²) < 4.78 is 38.9. The Bertz CT molecular complexity index is 1490. The first-order valence-corrected chi connectivity index (χ1v) is 23.4. The molecule has 3 atom stereocenters. The highest BCUT2D eigenvalue weighted by Gasteiger charge is 2.26. The summed E-state index contributed by atoms with van der Waals surface area (Å²) in [6.45, 7) is 7.61. The first-order valence-electron chi connectivity index (χ1n) is 21.9. The number of aliphatic hydroxyl groups excluding tert-OH is 1. The molecular weight excluding hydrogens is 769 g/mol.